The Hall–Kier alpha value is -4.17. The molecule has 0 saturated carbocycles. The lowest BCUT2D eigenvalue weighted by Crippen LogP contribution is -2.20. The van der Waals surface area contributed by atoms with Crippen LogP contribution in [0.4, 0.5) is 15.9 Å². The van der Waals surface area contributed by atoms with Gasteiger partial charge in [-0.3, -0.25) is 9.82 Å². The summed E-state index contributed by atoms with van der Waals surface area (Å²) in [4.78, 5) is 22.5. The van der Waals surface area contributed by atoms with E-state index in [4.69, 9.17) is 4.84 Å². The highest BCUT2D eigenvalue weighted by atomic mass is 19.1. The van der Waals surface area contributed by atoms with Crippen LogP contribution in [0.3, 0.4) is 0 Å². The van der Waals surface area contributed by atoms with E-state index >= 15 is 0 Å². The molecule has 5 aromatic rings. The predicted octanol–water partition coefficient (Wildman–Crippen LogP) is 4.62. The highest BCUT2D eigenvalue weighted by Gasteiger charge is 2.19. The Morgan fingerprint density at radius 2 is 1.81 bits per heavy atom. The lowest BCUT2D eigenvalue weighted by molar-refractivity contribution is 0.118. The maximum Gasteiger partial charge on any atom is 0.311 e. The summed E-state index contributed by atoms with van der Waals surface area (Å²) in [5, 5.41) is 2.15. The second kappa shape index (κ2) is 8.29. The molecule has 0 fully saturated rings. The van der Waals surface area contributed by atoms with Gasteiger partial charge in [0.1, 0.15) is 6.61 Å². The van der Waals surface area contributed by atoms with Gasteiger partial charge in [0.2, 0.25) is 0 Å². The largest absolute Gasteiger partial charge is 0.311 e. The summed E-state index contributed by atoms with van der Waals surface area (Å²) in [5.41, 5.74) is 2.75. The standard InChI is InChI=1S/C23H17FN6O/c24-23-27-21-10-9-19(29-13-12-25-16-29)14-20(21)22(28-23)30(18-7-2-1-3-8-18)31-15-17-6-4-5-11-26-17/h1-14,16H,15H2. The Balaban J connectivity index is 1.63. The molecule has 0 atom stereocenters. The number of aromatic nitrogens is 5. The van der Waals surface area contributed by atoms with Crippen molar-refractivity contribution in [1.29, 1.82) is 0 Å². The smallest absolute Gasteiger partial charge is 0.306 e. The molecular weight excluding hydrogens is 395 g/mol. The van der Waals surface area contributed by atoms with Crippen LogP contribution in [-0.2, 0) is 11.4 Å². The fourth-order valence-corrected chi connectivity index (χ4v) is 3.24. The van der Waals surface area contributed by atoms with E-state index in [9.17, 15) is 4.39 Å². The van der Waals surface area contributed by atoms with Gasteiger partial charge in [-0.1, -0.05) is 24.3 Å². The highest BCUT2D eigenvalue weighted by Crippen LogP contribution is 2.32. The second-order valence-corrected chi connectivity index (χ2v) is 6.71. The monoisotopic (exact) mass is 412 g/mol. The van der Waals surface area contributed by atoms with Gasteiger partial charge in [0, 0.05) is 29.7 Å². The summed E-state index contributed by atoms with van der Waals surface area (Å²) in [7, 11) is 0. The van der Waals surface area contributed by atoms with Gasteiger partial charge in [0.25, 0.3) is 0 Å². The number of pyridine rings is 1. The summed E-state index contributed by atoms with van der Waals surface area (Å²) in [5.74, 6) is 0.298. The second-order valence-electron chi connectivity index (χ2n) is 6.71. The third-order valence-electron chi connectivity index (χ3n) is 4.69. The van der Waals surface area contributed by atoms with Gasteiger partial charge in [0.05, 0.1) is 23.2 Å². The maximum absolute atomic E-state index is 14.4. The van der Waals surface area contributed by atoms with Crippen molar-refractivity contribution in [3.63, 3.8) is 0 Å². The quantitative estimate of drug-likeness (QED) is 0.299. The number of halogens is 1. The Morgan fingerprint density at radius 1 is 0.935 bits per heavy atom. The molecule has 0 amide bonds. The average molecular weight is 412 g/mol. The zero-order chi connectivity index (χ0) is 21.0. The first-order valence-electron chi connectivity index (χ1n) is 9.61. The van der Waals surface area contributed by atoms with E-state index in [-0.39, 0.29) is 6.61 Å². The number of rotatable bonds is 6. The molecule has 152 valence electrons. The van der Waals surface area contributed by atoms with Gasteiger partial charge in [0.15, 0.2) is 5.82 Å². The van der Waals surface area contributed by atoms with Gasteiger partial charge in [-0.15, -0.1) is 0 Å². The minimum atomic E-state index is -0.833. The normalized spacial score (nSPS) is 11.0. The number of benzene rings is 2. The summed E-state index contributed by atoms with van der Waals surface area (Å²) < 4.78 is 16.2. The molecule has 5 rings (SSSR count). The van der Waals surface area contributed by atoms with Crippen LogP contribution < -0.4 is 5.06 Å². The number of anilines is 2. The van der Waals surface area contributed by atoms with Crippen LogP contribution in [0.25, 0.3) is 16.6 Å². The summed E-state index contributed by atoms with van der Waals surface area (Å²) in [6.45, 7) is 0.185. The molecule has 3 heterocycles. The fourth-order valence-electron chi connectivity index (χ4n) is 3.24. The Kier molecular flexibility index (Phi) is 5.04. The molecule has 0 N–H and O–H groups in total. The van der Waals surface area contributed by atoms with E-state index in [0.717, 1.165) is 11.4 Å². The van der Waals surface area contributed by atoms with Crippen molar-refractivity contribution in [3.05, 3.63) is 103 Å². The molecule has 0 bridgehead atoms. The van der Waals surface area contributed by atoms with Gasteiger partial charge in [-0.2, -0.15) is 9.37 Å². The first-order valence-corrected chi connectivity index (χ1v) is 9.61. The van der Waals surface area contributed by atoms with E-state index in [2.05, 4.69) is 19.9 Å². The molecular formula is C23H17FN6O. The maximum atomic E-state index is 14.4. The Labute approximate surface area is 177 Å². The molecule has 0 aliphatic rings. The van der Waals surface area contributed by atoms with Gasteiger partial charge >= 0.3 is 6.08 Å². The van der Waals surface area contributed by atoms with Crippen molar-refractivity contribution in [1.82, 2.24) is 24.5 Å². The molecule has 3 aromatic heterocycles. The van der Waals surface area contributed by atoms with Crippen molar-refractivity contribution in [2.24, 2.45) is 0 Å². The molecule has 31 heavy (non-hydrogen) atoms. The molecule has 0 aliphatic heterocycles. The van der Waals surface area contributed by atoms with Crippen molar-refractivity contribution in [3.8, 4) is 5.69 Å². The van der Waals surface area contributed by atoms with Crippen LogP contribution >= 0.6 is 0 Å². The minimum Gasteiger partial charge on any atom is -0.306 e. The topological polar surface area (TPSA) is 69.0 Å². The van der Waals surface area contributed by atoms with E-state index in [1.807, 2.05) is 71.4 Å². The molecule has 2 aromatic carbocycles. The number of hydrogen-bond donors (Lipinski definition) is 0. The zero-order valence-electron chi connectivity index (χ0n) is 16.3. The van der Waals surface area contributed by atoms with Crippen molar-refractivity contribution < 1.29 is 9.23 Å². The van der Waals surface area contributed by atoms with E-state index in [1.54, 1.807) is 24.8 Å². The molecule has 0 radical (unpaired) electrons. The summed E-state index contributed by atoms with van der Waals surface area (Å²) >= 11 is 0. The van der Waals surface area contributed by atoms with Crippen molar-refractivity contribution in [2.45, 2.75) is 6.61 Å². The lowest BCUT2D eigenvalue weighted by Gasteiger charge is -2.24. The van der Waals surface area contributed by atoms with Gasteiger partial charge in [-0.05, 0) is 42.5 Å². The molecule has 0 spiro atoms. The van der Waals surface area contributed by atoms with Crippen LogP contribution in [0.2, 0.25) is 0 Å². The predicted molar refractivity (Wildman–Crippen MR) is 114 cm³/mol. The number of hydrogen-bond acceptors (Lipinski definition) is 6. The third kappa shape index (κ3) is 3.96. The summed E-state index contributed by atoms with van der Waals surface area (Å²) in [6.07, 6.45) is 6.08. The Bertz CT molecular complexity index is 1300. The highest BCUT2D eigenvalue weighted by molar-refractivity contribution is 5.92. The first-order chi connectivity index (χ1) is 15.3. The minimum absolute atomic E-state index is 0.185. The third-order valence-corrected chi connectivity index (χ3v) is 4.69. The van der Waals surface area contributed by atoms with E-state index < -0.39 is 6.08 Å². The number of fused-ring (bicyclic) bond motifs is 1. The van der Waals surface area contributed by atoms with Gasteiger partial charge < -0.3 is 4.57 Å². The van der Waals surface area contributed by atoms with Crippen LogP contribution in [0.5, 0.6) is 0 Å². The number of nitrogens with zero attached hydrogens (tertiary/aromatic N) is 6. The number of imidazole rings is 1. The Morgan fingerprint density at radius 3 is 2.58 bits per heavy atom. The molecule has 8 heteroatoms. The average Bonchev–Trinajstić information content (AvgIpc) is 3.35. The molecule has 0 aliphatic carbocycles. The molecule has 0 unspecified atom stereocenters. The van der Waals surface area contributed by atoms with E-state index in [0.29, 0.717) is 22.4 Å². The summed E-state index contributed by atoms with van der Waals surface area (Å²) in [6, 6.07) is 20.4. The van der Waals surface area contributed by atoms with Crippen LogP contribution in [0.1, 0.15) is 5.69 Å². The van der Waals surface area contributed by atoms with Crippen LogP contribution in [0.15, 0.2) is 91.6 Å². The molecule has 0 saturated heterocycles. The van der Waals surface area contributed by atoms with Gasteiger partial charge in [-0.25, -0.2) is 15.0 Å². The fraction of sp³-hybridized carbons (Fsp3) is 0.0435. The lowest BCUT2D eigenvalue weighted by atomic mass is 10.2. The van der Waals surface area contributed by atoms with Crippen molar-refractivity contribution in [2.75, 3.05) is 5.06 Å². The van der Waals surface area contributed by atoms with Crippen LogP contribution in [-0.4, -0.2) is 24.5 Å². The molecule has 7 nitrogen and oxygen atoms in total. The van der Waals surface area contributed by atoms with E-state index in [1.165, 1.54) is 5.06 Å². The van der Waals surface area contributed by atoms with Crippen LogP contribution in [0, 0.1) is 6.08 Å². The van der Waals surface area contributed by atoms with Crippen molar-refractivity contribution >= 4 is 22.4 Å². The zero-order valence-corrected chi connectivity index (χ0v) is 16.3. The SMILES string of the molecule is Fc1nc(N(OCc2ccccn2)c2ccccc2)c2cc(-n3ccnc3)ccc2n1. The number of para-hydroxylation sites is 1. The first kappa shape index (κ1) is 18.8.